The summed E-state index contributed by atoms with van der Waals surface area (Å²) in [5.41, 5.74) is 2.02. The average Bonchev–Trinajstić information content (AvgIpc) is 3.15. The summed E-state index contributed by atoms with van der Waals surface area (Å²) >= 11 is 5.89. The van der Waals surface area contributed by atoms with Crippen molar-refractivity contribution in [3.63, 3.8) is 0 Å². The third kappa shape index (κ3) is 5.63. The Morgan fingerprint density at radius 1 is 1.23 bits per heavy atom. The Balaban J connectivity index is 0.00000243. The van der Waals surface area contributed by atoms with Gasteiger partial charge >= 0.3 is 0 Å². The lowest BCUT2D eigenvalue weighted by molar-refractivity contribution is -0.130. The van der Waals surface area contributed by atoms with E-state index in [-0.39, 0.29) is 18.3 Å². The Labute approximate surface area is 165 Å². The van der Waals surface area contributed by atoms with Crippen LogP contribution in [0.3, 0.4) is 0 Å². The summed E-state index contributed by atoms with van der Waals surface area (Å²) in [6.45, 7) is 2.34. The number of ether oxygens (including phenoxy) is 1. The van der Waals surface area contributed by atoms with Gasteiger partial charge in [0.2, 0.25) is 5.91 Å². The molecule has 0 aliphatic carbocycles. The summed E-state index contributed by atoms with van der Waals surface area (Å²) in [4.78, 5) is 14.3. The second-order valence-corrected chi connectivity index (χ2v) is 6.83. The normalized spacial score (nSPS) is 16.0. The molecule has 1 heterocycles. The molecule has 26 heavy (non-hydrogen) atoms. The highest BCUT2D eigenvalue weighted by atomic mass is 35.5. The van der Waals surface area contributed by atoms with Crippen LogP contribution in [0.2, 0.25) is 5.02 Å². The van der Waals surface area contributed by atoms with Crippen molar-refractivity contribution in [2.24, 2.45) is 0 Å². The Kier molecular flexibility index (Phi) is 7.76. The molecule has 1 atom stereocenters. The zero-order chi connectivity index (χ0) is 17.6. The van der Waals surface area contributed by atoms with E-state index in [9.17, 15) is 4.79 Å². The smallest absolute Gasteiger partial charge is 0.227 e. The van der Waals surface area contributed by atoms with Crippen molar-refractivity contribution in [1.29, 1.82) is 0 Å². The van der Waals surface area contributed by atoms with Crippen molar-refractivity contribution in [3.8, 4) is 5.75 Å². The Hall–Kier alpha value is -1.75. The zero-order valence-electron chi connectivity index (χ0n) is 14.8. The second-order valence-electron chi connectivity index (χ2n) is 6.39. The predicted octanol–water partition coefficient (Wildman–Crippen LogP) is 3.70. The predicted molar refractivity (Wildman–Crippen MR) is 107 cm³/mol. The molecule has 2 aromatic carbocycles. The van der Waals surface area contributed by atoms with Gasteiger partial charge < -0.3 is 15.0 Å². The molecule has 2 aromatic rings. The minimum atomic E-state index is 0. The van der Waals surface area contributed by atoms with Crippen LogP contribution in [0.15, 0.2) is 48.5 Å². The summed E-state index contributed by atoms with van der Waals surface area (Å²) in [6.07, 6.45) is 1.41. The van der Waals surface area contributed by atoms with Gasteiger partial charge in [0.1, 0.15) is 12.4 Å². The Morgan fingerprint density at radius 2 is 2.00 bits per heavy atom. The van der Waals surface area contributed by atoms with Gasteiger partial charge in [-0.25, -0.2) is 0 Å². The van der Waals surface area contributed by atoms with E-state index >= 15 is 0 Å². The minimum absolute atomic E-state index is 0. The molecule has 1 N–H and O–H groups in total. The van der Waals surface area contributed by atoms with Crippen LogP contribution in [-0.4, -0.2) is 37.0 Å². The molecule has 1 aliphatic heterocycles. The van der Waals surface area contributed by atoms with Gasteiger partial charge in [0.15, 0.2) is 0 Å². The van der Waals surface area contributed by atoms with Gasteiger partial charge in [-0.05, 0) is 48.4 Å². The van der Waals surface area contributed by atoms with Crippen LogP contribution in [0.5, 0.6) is 5.75 Å². The van der Waals surface area contributed by atoms with Crippen molar-refractivity contribution in [2.75, 3.05) is 20.1 Å². The van der Waals surface area contributed by atoms with E-state index in [0.29, 0.717) is 24.1 Å². The molecule has 140 valence electrons. The monoisotopic (exact) mass is 394 g/mol. The highest BCUT2D eigenvalue weighted by molar-refractivity contribution is 6.30. The number of hydrogen-bond acceptors (Lipinski definition) is 3. The van der Waals surface area contributed by atoms with Gasteiger partial charge in [-0.2, -0.15) is 0 Å². The SMILES string of the molecule is CN(C(=O)Cc1cccc(OCc2ccc(Cl)cc2)c1)C1CCNC1.Cl. The number of rotatable bonds is 6. The van der Waals surface area contributed by atoms with E-state index < -0.39 is 0 Å². The lowest BCUT2D eigenvalue weighted by atomic mass is 10.1. The van der Waals surface area contributed by atoms with Gasteiger partial charge in [-0.15, -0.1) is 12.4 Å². The number of halogens is 2. The fraction of sp³-hybridized carbons (Fsp3) is 0.350. The van der Waals surface area contributed by atoms with E-state index in [1.165, 1.54) is 0 Å². The van der Waals surface area contributed by atoms with Gasteiger partial charge in [-0.3, -0.25) is 4.79 Å². The Morgan fingerprint density at radius 3 is 2.69 bits per heavy atom. The van der Waals surface area contributed by atoms with Crippen LogP contribution in [0.1, 0.15) is 17.5 Å². The standard InChI is InChI=1S/C20H23ClN2O2.ClH/c1-23(18-9-10-22-13-18)20(24)12-16-3-2-4-19(11-16)25-14-15-5-7-17(21)8-6-15;/h2-8,11,18,22H,9-10,12-14H2,1H3;1H. The van der Waals surface area contributed by atoms with Crippen LogP contribution < -0.4 is 10.1 Å². The first kappa shape index (κ1) is 20.6. The van der Waals surface area contributed by atoms with Crippen molar-refractivity contribution in [2.45, 2.75) is 25.5 Å². The number of nitrogens with zero attached hydrogens (tertiary/aromatic N) is 1. The van der Waals surface area contributed by atoms with E-state index in [1.54, 1.807) is 0 Å². The molecule has 1 unspecified atom stereocenters. The molecule has 3 rings (SSSR count). The van der Waals surface area contributed by atoms with E-state index in [4.69, 9.17) is 16.3 Å². The number of benzene rings is 2. The van der Waals surface area contributed by atoms with Crippen molar-refractivity contribution in [1.82, 2.24) is 10.2 Å². The molecular weight excluding hydrogens is 371 g/mol. The maximum atomic E-state index is 12.5. The number of amides is 1. The molecule has 0 radical (unpaired) electrons. The Bertz CT molecular complexity index is 716. The topological polar surface area (TPSA) is 41.6 Å². The molecule has 6 heteroatoms. The molecule has 0 aromatic heterocycles. The van der Waals surface area contributed by atoms with E-state index in [0.717, 1.165) is 36.4 Å². The maximum absolute atomic E-state index is 12.5. The van der Waals surface area contributed by atoms with Crippen molar-refractivity contribution < 1.29 is 9.53 Å². The summed E-state index contributed by atoms with van der Waals surface area (Å²) in [5.74, 6) is 0.911. The molecule has 0 spiro atoms. The quantitative estimate of drug-likeness (QED) is 0.811. The van der Waals surface area contributed by atoms with Crippen molar-refractivity contribution in [3.05, 3.63) is 64.7 Å². The van der Waals surface area contributed by atoms with Gasteiger partial charge in [0.05, 0.1) is 6.42 Å². The number of nitrogens with one attached hydrogen (secondary N) is 1. The van der Waals surface area contributed by atoms with Gasteiger partial charge in [-0.1, -0.05) is 35.9 Å². The summed E-state index contributed by atoms with van der Waals surface area (Å²) < 4.78 is 5.84. The van der Waals surface area contributed by atoms with Crippen LogP contribution in [0, 0.1) is 0 Å². The molecular formula is C20H24Cl2N2O2. The third-order valence-electron chi connectivity index (χ3n) is 4.55. The molecule has 1 amide bonds. The molecule has 1 fully saturated rings. The lowest BCUT2D eigenvalue weighted by Crippen LogP contribution is -2.39. The number of carbonyl (C=O) groups is 1. The first-order chi connectivity index (χ1) is 12.1. The fourth-order valence-corrected chi connectivity index (χ4v) is 3.09. The highest BCUT2D eigenvalue weighted by Gasteiger charge is 2.23. The van der Waals surface area contributed by atoms with Crippen LogP contribution in [0.4, 0.5) is 0 Å². The van der Waals surface area contributed by atoms with Crippen molar-refractivity contribution >= 4 is 29.9 Å². The van der Waals surface area contributed by atoms with Crippen LogP contribution in [0.25, 0.3) is 0 Å². The van der Waals surface area contributed by atoms with Gasteiger partial charge in [0, 0.05) is 24.7 Å². The number of hydrogen-bond donors (Lipinski definition) is 1. The fourth-order valence-electron chi connectivity index (χ4n) is 2.97. The number of likely N-dealkylation sites (N-methyl/N-ethyl adjacent to an activating group) is 1. The lowest BCUT2D eigenvalue weighted by Gasteiger charge is -2.23. The largest absolute Gasteiger partial charge is 0.489 e. The molecule has 1 aliphatic rings. The first-order valence-electron chi connectivity index (χ1n) is 8.54. The second kappa shape index (κ2) is 9.81. The molecule has 0 bridgehead atoms. The maximum Gasteiger partial charge on any atom is 0.227 e. The summed E-state index contributed by atoms with van der Waals surface area (Å²) in [7, 11) is 1.89. The summed E-state index contributed by atoms with van der Waals surface area (Å²) in [5, 5.41) is 4.01. The highest BCUT2D eigenvalue weighted by Crippen LogP contribution is 2.18. The van der Waals surface area contributed by atoms with E-state index in [1.807, 2.05) is 60.5 Å². The molecule has 4 nitrogen and oxygen atoms in total. The third-order valence-corrected chi connectivity index (χ3v) is 4.80. The molecule has 1 saturated heterocycles. The summed E-state index contributed by atoms with van der Waals surface area (Å²) in [6, 6.07) is 15.6. The van der Waals surface area contributed by atoms with Crippen LogP contribution in [-0.2, 0) is 17.8 Å². The van der Waals surface area contributed by atoms with Crippen LogP contribution >= 0.6 is 24.0 Å². The zero-order valence-corrected chi connectivity index (χ0v) is 16.4. The average molecular weight is 395 g/mol. The first-order valence-corrected chi connectivity index (χ1v) is 8.92. The number of carbonyl (C=O) groups excluding carboxylic acids is 1. The van der Waals surface area contributed by atoms with Gasteiger partial charge in [0.25, 0.3) is 0 Å². The van der Waals surface area contributed by atoms with E-state index in [2.05, 4.69) is 5.32 Å². The minimum Gasteiger partial charge on any atom is -0.489 e. The molecule has 0 saturated carbocycles.